The van der Waals surface area contributed by atoms with Crippen LogP contribution in [-0.4, -0.2) is 29.6 Å². The van der Waals surface area contributed by atoms with Gasteiger partial charge in [0.1, 0.15) is 12.0 Å². The van der Waals surface area contributed by atoms with E-state index >= 15 is 0 Å². The normalized spacial score (nSPS) is 32.2. The predicted molar refractivity (Wildman–Crippen MR) is 69.0 cm³/mol. The summed E-state index contributed by atoms with van der Waals surface area (Å²) in [6, 6.07) is 0. The van der Waals surface area contributed by atoms with Gasteiger partial charge in [-0.25, -0.2) is 10.3 Å². The van der Waals surface area contributed by atoms with Gasteiger partial charge in [-0.15, -0.1) is 4.99 Å². The molecule has 1 spiro atoms. The molecule has 4 N–H and O–H groups in total. The summed E-state index contributed by atoms with van der Waals surface area (Å²) in [5.74, 6) is 2.90. The first-order valence-corrected chi connectivity index (χ1v) is 6.17. The average molecular weight is 237 g/mol. The summed E-state index contributed by atoms with van der Waals surface area (Å²) in [7, 11) is 0. The van der Waals surface area contributed by atoms with E-state index in [1.165, 1.54) is 0 Å². The van der Waals surface area contributed by atoms with Gasteiger partial charge in [0.15, 0.2) is 0 Å². The van der Waals surface area contributed by atoms with E-state index in [2.05, 4.69) is 44.8 Å². The lowest BCUT2D eigenvalue weighted by Gasteiger charge is -2.37. The van der Waals surface area contributed by atoms with Gasteiger partial charge in [0.2, 0.25) is 5.84 Å². The zero-order chi connectivity index (χ0) is 12.5. The molecule has 0 fully saturated rings. The Morgan fingerprint density at radius 2 is 1.82 bits per heavy atom. The minimum Gasteiger partial charge on any atom is -0.352 e. The number of nitrogens with two attached hydrogens (primary N) is 1. The van der Waals surface area contributed by atoms with Crippen LogP contribution in [0.5, 0.6) is 0 Å². The molecule has 94 valence electrons. The van der Waals surface area contributed by atoms with E-state index in [4.69, 9.17) is 0 Å². The largest absolute Gasteiger partial charge is 0.386 e. The number of hydrogen-bond donors (Lipinski definition) is 3. The summed E-state index contributed by atoms with van der Waals surface area (Å²) in [6.07, 6.45) is 2.55. The van der Waals surface area contributed by atoms with Crippen LogP contribution in [0, 0.1) is 0 Å². The Hall–Kier alpha value is -1.43. The molecule has 0 aromatic rings. The molecule has 6 nitrogen and oxygen atoms in total. The van der Waals surface area contributed by atoms with Gasteiger partial charge in [0.25, 0.3) is 0 Å². The van der Waals surface area contributed by atoms with E-state index in [9.17, 15) is 0 Å². The number of hydrogen-bond acceptors (Lipinski definition) is 5. The number of amidine groups is 3. The van der Waals surface area contributed by atoms with Crippen molar-refractivity contribution in [3.05, 3.63) is 0 Å². The molecule has 3 aliphatic rings. The van der Waals surface area contributed by atoms with Gasteiger partial charge in [-0.05, 0) is 20.3 Å². The fourth-order valence-corrected chi connectivity index (χ4v) is 1.95. The third-order valence-corrected chi connectivity index (χ3v) is 2.86. The molecule has 2 unspecified atom stereocenters. The number of aliphatic imine (C=N–C) groups is 3. The van der Waals surface area contributed by atoms with Gasteiger partial charge in [0, 0.05) is 6.42 Å². The molecule has 3 heterocycles. The number of nitrogens with one attached hydrogen (secondary N) is 2. The molecule has 0 aromatic carbocycles. The third kappa shape index (κ3) is 2.46. The van der Waals surface area contributed by atoms with Gasteiger partial charge >= 0.3 is 5.91 Å². The maximum Gasteiger partial charge on any atom is 0.386 e. The molecule has 6 heteroatoms. The molecule has 0 saturated carbocycles. The molecule has 0 amide bonds. The highest BCUT2D eigenvalue weighted by Gasteiger charge is 2.49. The van der Waals surface area contributed by atoms with Crippen molar-refractivity contribution in [3.8, 4) is 0 Å². The second kappa shape index (κ2) is 4.44. The summed E-state index contributed by atoms with van der Waals surface area (Å²) in [5.41, 5.74) is 0. The van der Waals surface area contributed by atoms with Crippen molar-refractivity contribution in [1.29, 1.82) is 0 Å². The highest BCUT2D eigenvalue weighted by Crippen LogP contribution is 2.13. The Bertz CT molecular complexity index is 397. The summed E-state index contributed by atoms with van der Waals surface area (Å²) in [6.45, 7) is 8.13. The zero-order valence-electron chi connectivity index (χ0n) is 10.9. The molecular formula is C11H21N6+. The Balaban J connectivity index is 0.000000136. The maximum atomic E-state index is 4.29. The number of rotatable bonds is 2. The van der Waals surface area contributed by atoms with Crippen LogP contribution in [0.1, 0.15) is 40.5 Å². The second-order valence-electron chi connectivity index (χ2n) is 4.43. The van der Waals surface area contributed by atoms with E-state index in [0.29, 0.717) is 6.17 Å². The SMILES string of the molecule is CCC1=NC2(N=C(C)N2)[NH2+]1.CCC1N=C(C)N1. The molecule has 0 bridgehead atoms. The van der Waals surface area contributed by atoms with Crippen molar-refractivity contribution in [1.82, 2.24) is 10.6 Å². The molecule has 0 aliphatic carbocycles. The highest BCUT2D eigenvalue weighted by atomic mass is 15.6. The molecule has 3 rings (SSSR count). The van der Waals surface area contributed by atoms with Crippen molar-refractivity contribution in [2.45, 2.75) is 52.6 Å². The van der Waals surface area contributed by atoms with Crippen molar-refractivity contribution in [3.63, 3.8) is 0 Å². The van der Waals surface area contributed by atoms with Crippen LogP contribution >= 0.6 is 0 Å². The third-order valence-electron chi connectivity index (χ3n) is 2.86. The van der Waals surface area contributed by atoms with Crippen LogP contribution in [0.4, 0.5) is 0 Å². The Morgan fingerprint density at radius 3 is 2.12 bits per heavy atom. The van der Waals surface area contributed by atoms with Gasteiger partial charge in [-0.3, -0.25) is 5.32 Å². The van der Waals surface area contributed by atoms with Crippen LogP contribution in [-0.2, 0) is 0 Å². The van der Waals surface area contributed by atoms with Crippen LogP contribution in [0.15, 0.2) is 15.0 Å². The van der Waals surface area contributed by atoms with E-state index < -0.39 is 0 Å². The maximum absolute atomic E-state index is 4.29. The van der Waals surface area contributed by atoms with Crippen molar-refractivity contribution in [2.24, 2.45) is 15.0 Å². The van der Waals surface area contributed by atoms with E-state index in [0.717, 1.165) is 30.3 Å². The highest BCUT2D eigenvalue weighted by molar-refractivity contribution is 5.88. The molecular weight excluding hydrogens is 216 g/mol. The van der Waals surface area contributed by atoms with E-state index in [-0.39, 0.29) is 5.91 Å². The van der Waals surface area contributed by atoms with Gasteiger partial charge < -0.3 is 5.32 Å². The van der Waals surface area contributed by atoms with Gasteiger partial charge in [0.05, 0.1) is 5.84 Å². The van der Waals surface area contributed by atoms with E-state index in [1.807, 2.05) is 13.8 Å². The Morgan fingerprint density at radius 1 is 1.24 bits per heavy atom. The lowest BCUT2D eigenvalue weighted by molar-refractivity contribution is -0.664. The van der Waals surface area contributed by atoms with Crippen molar-refractivity contribution < 1.29 is 5.32 Å². The smallest absolute Gasteiger partial charge is 0.352 e. The quantitative estimate of drug-likeness (QED) is 0.619. The minimum absolute atomic E-state index is 0.310. The number of nitrogens with zero attached hydrogens (tertiary/aromatic N) is 3. The van der Waals surface area contributed by atoms with Crippen molar-refractivity contribution >= 4 is 17.5 Å². The van der Waals surface area contributed by atoms with Crippen LogP contribution in [0.25, 0.3) is 0 Å². The molecule has 17 heavy (non-hydrogen) atoms. The molecule has 0 saturated heterocycles. The Kier molecular flexibility index (Phi) is 3.15. The predicted octanol–water partition coefficient (Wildman–Crippen LogP) is -0.251. The van der Waals surface area contributed by atoms with Crippen LogP contribution in [0.2, 0.25) is 0 Å². The topological polar surface area (TPSA) is 77.8 Å². The first-order chi connectivity index (χ1) is 8.07. The van der Waals surface area contributed by atoms with Gasteiger partial charge in [-0.2, -0.15) is 4.99 Å². The zero-order valence-corrected chi connectivity index (χ0v) is 10.9. The summed E-state index contributed by atoms with van der Waals surface area (Å²) in [5, 5.41) is 8.34. The molecule has 2 atom stereocenters. The summed E-state index contributed by atoms with van der Waals surface area (Å²) in [4.78, 5) is 12.7. The standard InChI is InChI=1S/C6H10N4.C5H10N2/c1-3-5-9-6(10-5)7-4(2)8-6;1-3-5-6-4(2)7-5/h3H2,1-2H3,(H,7,8)(H,9,10);5H,3H2,1-2H3,(H,6,7)/p+1. The van der Waals surface area contributed by atoms with Gasteiger partial charge in [-0.1, -0.05) is 13.8 Å². The lowest BCUT2D eigenvalue weighted by Crippen LogP contribution is -3.10. The average Bonchev–Trinajstić information content (AvgIpc) is 2.17. The summed E-state index contributed by atoms with van der Waals surface area (Å²) >= 11 is 0. The first kappa shape index (κ1) is 12.0. The van der Waals surface area contributed by atoms with Crippen LogP contribution < -0.4 is 16.0 Å². The molecule has 3 aliphatic heterocycles. The fraction of sp³-hybridized carbons (Fsp3) is 0.727. The Labute approximate surface area is 102 Å². The second-order valence-corrected chi connectivity index (χ2v) is 4.43. The lowest BCUT2D eigenvalue weighted by atomic mass is 10.3. The molecule has 0 aromatic heterocycles. The van der Waals surface area contributed by atoms with Crippen molar-refractivity contribution in [2.75, 3.05) is 0 Å². The first-order valence-electron chi connectivity index (χ1n) is 6.17. The summed E-state index contributed by atoms with van der Waals surface area (Å²) < 4.78 is 0. The monoisotopic (exact) mass is 237 g/mol. The molecule has 0 radical (unpaired) electrons. The number of quaternary nitrogens is 1. The fourth-order valence-electron chi connectivity index (χ4n) is 1.95. The van der Waals surface area contributed by atoms with Crippen LogP contribution in [0.3, 0.4) is 0 Å². The van der Waals surface area contributed by atoms with E-state index in [1.54, 1.807) is 0 Å². The minimum atomic E-state index is -0.310.